The quantitative estimate of drug-likeness (QED) is 0.839. The van der Waals surface area contributed by atoms with Crippen LogP contribution in [0.1, 0.15) is 25.6 Å². The molecule has 1 aromatic carbocycles. The van der Waals surface area contributed by atoms with Crippen molar-refractivity contribution in [2.75, 3.05) is 0 Å². The Morgan fingerprint density at radius 2 is 1.88 bits per heavy atom. The highest BCUT2D eigenvalue weighted by Crippen LogP contribution is 2.18. The molecule has 0 aliphatic carbocycles. The van der Waals surface area contributed by atoms with Crippen molar-refractivity contribution >= 4 is 0 Å². The number of para-hydroxylation sites is 1. The van der Waals surface area contributed by atoms with Crippen molar-refractivity contribution in [2.45, 2.75) is 25.9 Å². The van der Waals surface area contributed by atoms with E-state index in [-0.39, 0.29) is 5.92 Å². The smallest absolute Gasteiger partial charge is 0.162 e. The highest BCUT2D eigenvalue weighted by Gasteiger charge is 2.19. The standard InChI is InChI=1S/C11H14N4O/c1-8(9(2)16)11-12-13-14-15(11)10-6-4-3-5-7-10/h3-9,16H,1-2H3. The highest BCUT2D eigenvalue weighted by atomic mass is 16.3. The average Bonchev–Trinajstić information content (AvgIpc) is 2.77. The van der Waals surface area contributed by atoms with Crippen LogP contribution in [-0.2, 0) is 0 Å². The molecule has 16 heavy (non-hydrogen) atoms. The molecule has 0 saturated carbocycles. The average molecular weight is 218 g/mol. The molecule has 0 aliphatic heterocycles. The largest absolute Gasteiger partial charge is 0.393 e. The van der Waals surface area contributed by atoms with Crippen LogP contribution in [0.3, 0.4) is 0 Å². The molecule has 2 unspecified atom stereocenters. The molecule has 0 fully saturated rings. The van der Waals surface area contributed by atoms with E-state index in [2.05, 4.69) is 15.5 Å². The van der Waals surface area contributed by atoms with E-state index in [1.165, 1.54) is 0 Å². The van der Waals surface area contributed by atoms with Gasteiger partial charge in [0.1, 0.15) is 0 Å². The normalized spacial score (nSPS) is 14.7. The second-order valence-electron chi connectivity index (χ2n) is 3.81. The van der Waals surface area contributed by atoms with Crippen molar-refractivity contribution < 1.29 is 5.11 Å². The van der Waals surface area contributed by atoms with Gasteiger partial charge in [0.25, 0.3) is 0 Å². The Balaban J connectivity index is 2.40. The minimum absolute atomic E-state index is 0.102. The number of benzene rings is 1. The minimum atomic E-state index is -0.478. The van der Waals surface area contributed by atoms with E-state index in [4.69, 9.17) is 0 Å². The number of aliphatic hydroxyl groups excluding tert-OH is 1. The van der Waals surface area contributed by atoms with Gasteiger partial charge >= 0.3 is 0 Å². The van der Waals surface area contributed by atoms with E-state index < -0.39 is 6.10 Å². The third kappa shape index (κ3) is 1.94. The highest BCUT2D eigenvalue weighted by molar-refractivity contribution is 5.31. The third-order valence-electron chi connectivity index (χ3n) is 2.63. The number of aromatic nitrogens is 4. The van der Waals surface area contributed by atoms with Crippen molar-refractivity contribution in [2.24, 2.45) is 0 Å². The van der Waals surface area contributed by atoms with Gasteiger partial charge in [0.05, 0.1) is 11.8 Å². The van der Waals surface area contributed by atoms with Crippen molar-refractivity contribution in [3.8, 4) is 5.69 Å². The van der Waals surface area contributed by atoms with Crippen LogP contribution in [0.15, 0.2) is 30.3 Å². The number of rotatable bonds is 3. The number of hydrogen-bond donors (Lipinski definition) is 1. The van der Waals surface area contributed by atoms with Crippen LogP contribution < -0.4 is 0 Å². The summed E-state index contributed by atoms with van der Waals surface area (Å²) >= 11 is 0. The second kappa shape index (κ2) is 4.40. The molecule has 0 saturated heterocycles. The summed E-state index contributed by atoms with van der Waals surface area (Å²) in [7, 11) is 0. The molecule has 1 heterocycles. The van der Waals surface area contributed by atoms with Gasteiger partial charge in [0.15, 0.2) is 5.82 Å². The molecule has 2 rings (SSSR count). The van der Waals surface area contributed by atoms with Crippen molar-refractivity contribution in [1.29, 1.82) is 0 Å². The Hall–Kier alpha value is -1.75. The van der Waals surface area contributed by atoms with Crippen LogP contribution in [0.25, 0.3) is 5.69 Å². The Bertz CT molecular complexity index is 452. The van der Waals surface area contributed by atoms with Crippen LogP contribution in [0, 0.1) is 0 Å². The topological polar surface area (TPSA) is 63.8 Å². The SMILES string of the molecule is CC(O)C(C)c1nnnn1-c1ccccc1. The summed E-state index contributed by atoms with van der Waals surface area (Å²) in [4.78, 5) is 0. The Morgan fingerprint density at radius 3 is 2.50 bits per heavy atom. The number of aliphatic hydroxyl groups is 1. The zero-order chi connectivity index (χ0) is 11.5. The first-order chi connectivity index (χ1) is 7.70. The second-order valence-corrected chi connectivity index (χ2v) is 3.81. The fraction of sp³-hybridized carbons (Fsp3) is 0.364. The zero-order valence-corrected chi connectivity index (χ0v) is 9.28. The first-order valence-electron chi connectivity index (χ1n) is 5.22. The molecule has 0 radical (unpaired) electrons. The molecule has 0 bridgehead atoms. The summed E-state index contributed by atoms with van der Waals surface area (Å²) in [5.41, 5.74) is 0.898. The van der Waals surface area contributed by atoms with E-state index in [0.29, 0.717) is 5.82 Å². The molecule has 84 valence electrons. The maximum absolute atomic E-state index is 9.56. The fourth-order valence-corrected chi connectivity index (χ4v) is 1.45. The Labute approximate surface area is 93.7 Å². The van der Waals surface area contributed by atoms with Gasteiger partial charge in [-0.3, -0.25) is 0 Å². The van der Waals surface area contributed by atoms with E-state index in [9.17, 15) is 5.11 Å². The molecule has 1 N–H and O–H groups in total. The van der Waals surface area contributed by atoms with Gasteiger partial charge in [0.2, 0.25) is 0 Å². The van der Waals surface area contributed by atoms with Gasteiger partial charge in [-0.05, 0) is 29.5 Å². The van der Waals surface area contributed by atoms with Crippen molar-refractivity contribution in [3.05, 3.63) is 36.2 Å². The lowest BCUT2D eigenvalue weighted by molar-refractivity contribution is 0.164. The maximum Gasteiger partial charge on any atom is 0.162 e. The van der Waals surface area contributed by atoms with E-state index in [0.717, 1.165) is 5.69 Å². The van der Waals surface area contributed by atoms with Crippen LogP contribution in [-0.4, -0.2) is 31.4 Å². The molecule has 2 atom stereocenters. The van der Waals surface area contributed by atoms with E-state index in [1.807, 2.05) is 37.3 Å². The summed E-state index contributed by atoms with van der Waals surface area (Å²) in [5.74, 6) is 0.566. The van der Waals surface area contributed by atoms with Gasteiger partial charge in [-0.2, -0.15) is 4.68 Å². The van der Waals surface area contributed by atoms with Crippen molar-refractivity contribution in [1.82, 2.24) is 20.2 Å². The number of tetrazole rings is 1. The van der Waals surface area contributed by atoms with Gasteiger partial charge in [0, 0.05) is 5.92 Å². The maximum atomic E-state index is 9.56. The van der Waals surface area contributed by atoms with Gasteiger partial charge < -0.3 is 5.11 Å². The predicted molar refractivity (Wildman–Crippen MR) is 59.2 cm³/mol. The summed E-state index contributed by atoms with van der Waals surface area (Å²) in [6.07, 6.45) is -0.478. The molecule has 5 nitrogen and oxygen atoms in total. The summed E-state index contributed by atoms with van der Waals surface area (Å²) in [6.45, 7) is 3.63. The molecule has 0 spiro atoms. The molecule has 0 amide bonds. The van der Waals surface area contributed by atoms with E-state index >= 15 is 0 Å². The lowest BCUT2D eigenvalue weighted by atomic mass is 10.1. The molecular weight excluding hydrogens is 204 g/mol. The van der Waals surface area contributed by atoms with Crippen LogP contribution in [0.4, 0.5) is 0 Å². The molecule has 0 aliphatic rings. The predicted octanol–water partition coefficient (Wildman–Crippen LogP) is 1.15. The number of hydrogen-bond acceptors (Lipinski definition) is 4. The van der Waals surface area contributed by atoms with Gasteiger partial charge in [-0.25, -0.2) is 0 Å². The summed E-state index contributed by atoms with van der Waals surface area (Å²) in [5, 5.41) is 21.1. The van der Waals surface area contributed by atoms with Crippen LogP contribution >= 0.6 is 0 Å². The summed E-state index contributed by atoms with van der Waals surface area (Å²) in [6, 6.07) is 9.64. The fourth-order valence-electron chi connectivity index (χ4n) is 1.45. The summed E-state index contributed by atoms with van der Waals surface area (Å²) < 4.78 is 1.65. The zero-order valence-electron chi connectivity index (χ0n) is 9.28. The molecule has 2 aromatic rings. The molecule has 1 aromatic heterocycles. The molecular formula is C11H14N4O. The first kappa shape index (κ1) is 10.8. The van der Waals surface area contributed by atoms with Gasteiger partial charge in [-0.15, -0.1) is 5.10 Å². The Morgan fingerprint density at radius 1 is 1.19 bits per heavy atom. The lowest BCUT2D eigenvalue weighted by Gasteiger charge is -2.13. The number of nitrogens with zero attached hydrogens (tertiary/aromatic N) is 4. The monoisotopic (exact) mass is 218 g/mol. The molecule has 5 heteroatoms. The Kier molecular flexibility index (Phi) is 2.96. The first-order valence-corrected chi connectivity index (χ1v) is 5.22. The van der Waals surface area contributed by atoms with Gasteiger partial charge in [-0.1, -0.05) is 25.1 Å². The van der Waals surface area contributed by atoms with E-state index in [1.54, 1.807) is 11.6 Å². The lowest BCUT2D eigenvalue weighted by Crippen LogP contribution is -2.16. The third-order valence-corrected chi connectivity index (χ3v) is 2.63. The van der Waals surface area contributed by atoms with Crippen LogP contribution in [0.5, 0.6) is 0 Å². The van der Waals surface area contributed by atoms with Crippen LogP contribution in [0.2, 0.25) is 0 Å². The van der Waals surface area contributed by atoms with Crippen molar-refractivity contribution in [3.63, 3.8) is 0 Å². The minimum Gasteiger partial charge on any atom is -0.393 e.